The van der Waals surface area contributed by atoms with Gasteiger partial charge >= 0.3 is 0 Å². The smallest absolute Gasteiger partial charge is 0.287 e. The third-order valence-electron chi connectivity index (χ3n) is 4.17. The van der Waals surface area contributed by atoms with E-state index >= 15 is 0 Å². The maximum absolute atomic E-state index is 12.2. The zero-order valence-electron chi connectivity index (χ0n) is 14.9. The van der Waals surface area contributed by atoms with Crippen LogP contribution in [0.15, 0.2) is 58.3 Å². The number of nitrogens with one attached hydrogen (secondary N) is 3. The Bertz CT molecular complexity index is 1060. The predicted molar refractivity (Wildman–Crippen MR) is 107 cm³/mol. The molecule has 142 valence electrons. The summed E-state index contributed by atoms with van der Waals surface area (Å²) in [6.45, 7) is 0.859. The minimum Gasteiger partial charge on any atom is -0.451 e. The van der Waals surface area contributed by atoms with Gasteiger partial charge in [-0.05, 0) is 36.1 Å². The van der Waals surface area contributed by atoms with Crippen LogP contribution in [0, 0.1) is 0 Å². The summed E-state index contributed by atoms with van der Waals surface area (Å²) in [5, 5.41) is 15.4. The van der Waals surface area contributed by atoms with Crippen molar-refractivity contribution in [3.63, 3.8) is 0 Å². The van der Waals surface area contributed by atoms with Gasteiger partial charge in [0.2, 0.25) is 0 Å². The number of aromatic amines is 1. The van der Waals surface area contributed by atoms with E-state index in [0.29, 0.717) is 30.8 Å². The maximum Gasteiger partial charge on any atom is 0.287 e. The first kappa shape index (κ1) is 18.0. The van der Waals surface area contributed by atoms with E-state index < -0.39 is 0 Å². The molecule has 1 aromatic carbocycles. The van der Waals surface area contributed by atoms with Gasteiger partial charge in [-0.3, -0.25) is 14.7 Å². The van der Waals surface area contributed by atoms with Crippen molar-refractivity contribution in [2.75, 3.05) is 13.1 Å². The molecule has 3 aromatic heterocycles. The number of fused-ring (bicyclic) bond motifs is 1. The summed E-state index contributed by atoms with van der Waals surface area (Å²) >= 11 is 1.58. The lowest BCUT2D eigenvalue weighted by Crippen LogP contribution is -2.29. The second kappa shape index (κ2) is 8.10. The van der Waals surface area contributed by atoms with Gasteiger partial charge in [0.15, 0.2) is 11.5 Å². The van der Waals surface area contributed by atoms with Crippen LogP contribution >= 0.6 is 11.3 Å². The van der Waals surface area contributed by atoms with Crippen LogP contribution in [0.3, 0.4) is 0 Å². The fourth-order valence-corrected chi connectivity index (χ4v) is 3.45. The third-order valence-corrected chi connectivity index (χ3v) is 5.07. The average molecular weight is 394 g/mol. The minimum absolute atomic E-state index is 0.248. The van der Waals surface area contributed by atoms with Crippen LogP contribution in [0.2, 0.25) is 0 Å². The average Bonchev–Trinajstić information content (AvgIpc) is 3.46. The van der Waals surface area contributed by atoms with Gasteiger partial charge < -0.3 is 15.1 Å². The number of hydrogen-bond donors (Lipinski definition) is 3. The summed E-state index contributed by atoms with van der Waals surface area (Å²) < 4.78 is 5.52. The van der Waals surface area contributed by atoms with Crippen molar-refractivity contribution >= 4 is 34.1 Å². The van der Waals surface area contributed by atoms with Crippen LogP contribution in [0.25, 0.3) is 21.5 Å². The summed E-state index contributed by atoms with van der Waals surface area (Å²) in [5.74, 6) is -0.235. The number of thiophene rings is 1. The Morgan fingerprint density at radius 1 is 1.04 bits per heavy atom. The third kappa shape index (κ3) is 3.96. The van der Waals surface area contributed by atoms with Gasteiger partial charge in [-0.1, -0.05) is 24.3 Å². The number of benzene rings is 1. The molecule has 0 bridgehead atoms. The Labute approximate surface area is 164 Å². The molecule has 0 radical (unpaired) electrons. The fraction of sp³-hybridized carbons (Fsp3) is 0.150. The van der Waals surface area contributed by atoms with E-state index in [1.807, 2.05) is 41.8 Å². The Hall–Kier alpha value is -3.39. The highest BCUT2D eigenvalue weighted by Crippen LogP contribution is 2.22. The van der Waals surface area contributed by atoms with Crippen LogP contribution < -0.4 is 10.6 Å². The van der Waals surface area contributed by atoms with Crippen LogP contribution in [-0.2, 0) is 0 Å². The fourth-order valence-electron chi connectivity index (χ4n) is 2.76. The molecule has 0 saturated heterocycles. The van der Waals surface area contributed by atoms with E-state index in [1.165, 1.54) is 0 Å². The second-order valence-electron chi connectivity index (χ2n) is 6.16. The van der Waals surface area contributed by atoms with Crippen molar-refractivity contribution in [1.29, 1.82) is 0 Å². The molecule has 4 aromatic rings. The lowest BCUT2D eigenvalue weighted by atomic mass is 10.2. The van der Waals surface area contributed by atoms with Gasteiger partial charge in [-0.2, -0.15) is 5.10 Å². The van der Waals surface area contributed by atoms with Crippen LogP contribution in [0.5, 0.6) is 0 Å². The molecule has 0 aliphatic heterocycles. The summed E-state index contributed by atoms with van der Waals surface area (Å²) in [6.07, 6.45) is 0.597. The maximum atomic E-state index is 12.2. The van der Waals surface area contributed by atoms with Gasteiger partial charge in [0.25, 0.3) is 11.8 Å². The van der Waals surface area contributed by atoms with E-state index in [1.54, 1.807) is 23.5 Å². The normalized spacial score (nSPS) is 10.9. The molecule has 0 saturated carbocycles. The Morgan fingerprint density at radius 2 is 1.86 bits per heavy atom. The van der Waals surface area contributed by atoms with Gasteiger partial charge in [-0.25, -0.2) is 0 Å². The van der Waals surface area contributed by atoms with Crippen LogP contribution in [0.1, 0.15) is 27.5 Å². The van der Waals surface area contributed by atoms with E-state index in [-0.39, 0.29) is 17.6 Å². The van der Waals surface area contributed by atoms with E-state index in [4.69, 9.17) is 4.42 Å². The molecule has 2 amide bonds. The van der Waals surface area contributed by atoms with Crippen molar-refractivity contribution in [1.82, 2.24) is 20.8 Å². The molecule has 0 fully saturated rings. The SMILES string of the molecule is O=C(NCCCNC(=O)c1cc2ccccc2o1)c1cc(-c2cccs2)[nH]n1. The van der Waals surface area contributed by atoms with Crippen molar-refractivity contribution in [3.8, 4) is 10.6 Å². The molecule has 3 heterocycles. The monoisotopic (exact) mass is 394 g/mol. The molecule has 0 aliphatic carbocycles. The number of furan rings is 1. The highest BCUT2D eigenvalue weighted by molar-refractivity contribution is 7.13. The largest absolute Gasteiger partial charge is 0.451 e. The quantitative estimate of drug-likeness (QED) is 0.418. The zero-order chi connectivity index (χ0) is 19.3. The first-order valence-corrected chi connectivity index (χ1v) is 9.73. The number of amides is 2. The van der Waals surface area contributed by atoms with Gasteiger partial charge in [0.05, 0.1) is 10.6 Å². The standard InChI is InChI=1S/C20H18N4O3S/c25-19(15-12-14(23-24-15)18-7-3-10-28-18)21-8-4-9-22-20(26)17-11-13-5-1-2-6-16(13)27-17/h1-3,5-7,10-12H,4,8-9H2,(H,21,25)(H,22,26)(H,23,24). The molecule has 8 heteroatoms. The number of para-hydroxylation sites is 1. The Morgan fingerprint density at radius 3 is 2.64 bits per heavy atom. The number of carbonyl (C=O) groups excluding carboxylic acids is 2. The molecule has 4 rings (SSSR count). The number of nitrogens with zero attached hydrogens (tertiary/aromatic N) is 1. The minimum atomic E-state index is -0.268. The zero-order valence-corrected chi connectivity index (χ0v) is 15.7. The number of aromatic nitrogens is 2. The Kier molecular flexibility index (Phi) is 5.20. The summed E-state index contributed by atoms with van der Waals surface area (Å²) in [4.78, 5) is 25.3. The molecule has 3 N–H and O–H groups in total. The first-order valence-electron chi connectivity index (χ1n) is 8.85. The molecule has 0 unspecified atom stereocenters. The first-order chi connectivity index (χ1) is 13.7. The molecule has 0 atom stereocenters. The molecule has 7 nitrogen and oxygen atoms in total. The molecule has 28 heavy (non-hydrogen) atoms. The number of H-pyrrole nitrogens is 1. The molecular formula is C20H18N4O3S. The summed E-state index contributed by atoms with van der Waals surface area (Å²) in [7, 11) is 0. The van der Waals surface area contributed by atoms with Crippen LogP contribution in [0.4, 0.5) is 0 Å². The van der Waals surface area contributed by atoms with E-state index in [9.17, 15) is 9.59 Å². The number of hydrogen-bond acceptors (Lipinski definition) is 5. The highest BCUT2D eigenvalue weighted by atomic mass is 32.1. The number of carbonyl (C=O) groups is 2. The summed E-state index contributed by atoms with van der Waals surface area (Å²) in [5.41, 5.74) is 1.84. The van der Waals surface area contributed by atoms with Gasteiger partial charge in [0, 0.05) is 18.5 Å². The van der Waals surface area contributed by atoms with Crippen molar-refractivity contribution in [3.05, 3.63) is 65.4 Å². The van der Waals surface area contributed by atoms with Crippen molar-refractivity contribution in [2.45, 2.75) is 6.42 Å². The molecule has 0 spiro atoms. The second-order valence-corrected chi connectivity index (χ2v) is 7.11. The lowest BCUT2D eigenvalue weighted by Gasteiger charge is -2.04. The highest BCUT2D eigenvalue weighted by Gasteiger charge is 2.13. The van der Waals surface area contributed by atoms with Crippen molar-refractivity contribution < 1.29 is 14.0 Å². The molecular weight excluding hydrogens is 376 g/mol. The summed E-state index contributed by atoms with van der Waals surface area (Å²) in [6, 6.07) is 14.8. The number of rotatable bonds is 7. The predicted octanol–water partition coefficient (Wildman–Crippen LogP) is 3.43. The Balaban J connectivity index is 1.21. The van der Waals surface area contributed by atoms with E-state index in [0.717, 1.165) is 16.0 Å². The molecule has 0 aliphatic rings. The topological polar surface area (TPSA) is 100 Å². The van der Waals surface area contributed by atoms with Gasteiger partial charge in [-0.15, -0.1) is 11.3 Å². The van der Waals surface area contributed by atoms with E-state index in [2.05, 4.69) is 20.8 Å². The van der Waals surface area contributed by atoms with Gasteiger partial charge in [0.1, 0.15) is 5.58 Å². The van der Waals surface area contributed by atoms with Crippen LogP contribution in [-0.4, -0.2) is 35.1 Å². The lowest BCUT2D eigenvalue weighted by molar-refractivity contribution is 0.0927. The van der Waals surface area contributed by atoms with Crippen molar-refractivity contribution in [2.24, 2.45) is 0 Å².